The van der Waals surface area contributed by atoms with E-state index >= 15 is 0 Å². The summed E-state index contributed by atoms with van der Waals surface area (Å²) in [6.45, 7) is 1.95. The number of nitrogen functional groups attached to an aromatic ring is 1. The Kier molecular flexibility index (Phi) is 4.45. The van der Waals surface area contributed by atoms with Crippen molar-refractivity contribution in [2.24, 2.45) is 5.92 Å². The van der Waals surface area contributed by atoms with Gasteiger partial charge in [-0.05, 0) is 49.8 Å². The number of benzene rings is 1. The van der Waals surface area contributed by atoms with Crippen molar-refractivity contribution in [1.29, 1.82) is 0 Å². The SMILES string of the molecule is Cc1cc(F)c(S(=O)(=O)NCC2CC=CCC2)cc1N. The van der Waals surface area contributed by atoms with Gasteiger partial charge in [0.2, 0.25) is 10.0 Å². The van der Waals surface area contributed by atoms with Crippen LogP contribution in [-0.2, 0) is 10.0 Å². The summed E-state index contributed by atoms with van der Waals surface area (Å²) in [6, 6.07) is 2.32. The highest BCUT2D eigenvalue weighted by molar-refractivity contribution is 7.89. The van der Waals surface area contributed by atoms with Crippen LogP contribution in [-0.4, -0.2) is 15.0 Å². The molecule has 0 amide bonds. The molecule has 6 heteroatoms. The molecule has 1 aliphatic rings. The predicted molar refractivity (Wildman–Crippen MR) is 77.2 cm³/mol. The van der Waals surface area contributed by atoms with Crippen molar-refractivity contribution in [3.05, 3.63) is 35.7 Å². The smallest absolute Gasteiger partial charge is 0.243 e. The normalized spacial score (nSPS) is 19.2. The van der Waals surface area contributed by atoms with Gasteiger partial charge >= 0.3 is 0 Å². The Morgan fingerprint density at radius 3 is 2.80 bits per heavy atom. The van der Waals surface area contributed by atoms with Crippen molar-refractivity contribution in [2.75, 3.05) is 12.3 Å². The van der Waals surface area contributed by atoms with Gasteiger partial charge in [0, 0.05) is 12.2 Å². The summed E-state index contributed by atoms with van der Waals surface area (Å²) in [5.41, 5.74) is 6.45. The number of sulfonamides is 1. The maximum Gasteiger partial charge on any atom is 0.243 e. The second-order valence-electron chi connectivity index (χ2n) is 5.14. The molecule has 0 aliphatic heterocycles. The first-order valence-electron chi connectivity index (χ1n) is 6.60. The third kappa shape index (κ3) is 3.37. The fourth-order valence-electron chi connectivity index (χ4n) is 2.22. The van der Waals surface area contributed by atoms with E-state index in [0.29, 0.717) is 12.1 Å². The highest BCUT2D eigenvalue weighted by Gasteiger charge is 2.21. The summed E-state index contributed by atoms with van der Waals surface area (Å²) in [5, 5.41) is 0. The maximum atomic E-state index is 13.8. The fourth-order valence-corrected chi connectivity index (χ4v) is 3.43. The van der Waals surface area contributed by atoms with E-state index in [1.165, 1.54) is 6.07 Å². The van der Waals surface area contributed by atoms with Gasteiger partial charge in [0.25, 0.3) is 0 Å². The van der Waals surface area contributed by atoms with Crippen LogP contribution >= 0.6 is 0 Å². The molecule has 1 atom stereocenters. The molecule has 0 spiro atoms. The average molecular weight is 298 g/mol. The number of nitrogens with one attached hydrogen (secondary N) is 1. The molecule has 0 saturated carbocycles. The van der Waals surface area contributed by atoms with Gasteiger partial charge in [0.05, 0.1) is 0 Å². The van der Waals surface area contributed by atoms with Crippen molar-refractivity contribution in [2.45, 2.75) is 31.1 Å². The van der Waals surface area contributed by atoms with Crippen LogP contribution in [0.15, 0.2) is 29.2 Å². The summed E-state index contributed by atoms with van der Waals surface area (Å²) in [4.78, 5) is -0.382. The highest BCUT2D eigenvalue weighted by atomic mass is 32.2. The van der Waals surface area contributed by atoms with Crippen molar-refractivity contribution in [3.8, 4) is 0 Å². The van der Waals surface area contributed by atoms with Crippen LogP contribution in [0, 0.1) is 18.7 Å². The van der Waals surface area contributed by atoms with E-state index in [0.717, 1.165) is 25.3 Å². The molecule has 1 aromatic carbocycles. The van der Waals surface area contributed by atoms with E-state index in [2.05, 4.69) is 10.8 Å². The Morgan fingerprint density at radius 2 is 2.15 bits per heavy atom. The van der Waals surface area contributed by atoms with Crippen LogP contribution in [0.1, 0.15) is 24.8 Å². The van der Waals surface area contributed by atoms with Gasteiger partial charge in [-0.25, -0.2) is 17.5 Å². The maximum absolute atomic E-state index is 13.8. The molecule has 0 saturated heterocycles. The number of hydrogen-bond acceptors (Lipinski definition) is 3. The molecule has 0 bridgehead atoms. The zero-order valence-electron chi connectivity index (χ0n) is 11.4. The predicted octanol–water partition coefficient (Wildman–Crippen LogP) is 2.35. The Balaban J connectivity index is 2.14. The molecule has 1 unspecified atom stereocenters. The molecule has 1 aromatic rings. The highest BCUT2D eigenvalue weighted by Crippen LogP contribution is 2.22. The zero-order chi connectivity index (χ0) is 14.8. The van der Waals surface area contributed by atoms with Crippen molar-refractivity contribution >= 4 is 15.7 Å². The second-order valence-corrected chi connectivity index (χ2v) is 6.88. The lowest BCUT2D eigenvalue weighted by Crippen LogP contribution is -2.30. The minimum atomic E-state index is -3.86. The van der Waals surface area contributed by atoms with Crippen LogP contribution in [0.3, 0.4) is 0 Å². The first-order chi connectivity index (χ1) is 9.40. The van der Waals surface area contributed by atoms with Crippen molar-refractivity contribution < 1.29 is 12.8 Å². The number of aryl methyl sites for hydroxylation is 1. The van der Waals surface area contributed by atoms with Crippen LogP contribution in [0.25, 0.3) is 0 Å². The Morgan fingerprint density at radius 1 is 1.40 bits per heavy atom. The molecule has 3 N–H and O–H groups in total. The third-order valence-corrected chi connectivity index (χ3v) is 4.99. The monoisotopic (exact) mass is 298 g/mol. The Bertz CT molecular complexity index is 626. The largest absolute Gasteiger partial charge is 0.398 e. The molecule has 0 heterocycles. The zero-order valence-corrected chi connectivity index (χ0v) is 12.2. The van der Waals surface area contributed by atoms with E-state index < -0.39 is 15.8 Å². The molecule has 2 rings (SSSR count). The summed E-state index contributed by atoms with van der Waals surface area (Å²) in [7, 11) is -3.86. The Labute approximate surface area is 118 Å². The van der Waals surface area contributed by atoms with E-state index in [-0.39, 0.29) is 16.5 Å². The Hall–Kier alpha value is -1.40. The molecule has 110 valence electrons. The molecular formula is C14H19FN2O2S. The summed E-state index contributed by atoms with van der Waals surface area (Å²) < 4.78 is 40.6. The van der Waals surface area contributed by atoms with Gasteiger partial charge < -0.3 is 5.73 Å². The van der Waals surface area contributed by atoms with E-state index in [1.54, 1.807) is 6.92 Å². The van der Waals surface area contributed by atoms with Crippen molar-refractivity contribution in [3.63, 3.8) is 0 Å². The van der Waals surface area contributed by atoms with E-state index in [1.807, 2.05) is 6.08 Å². The standard InChI is InChI=1S/C14H19FN2O2S/c1-10-7-12(15)14(8-13(10)16)20(18,19)17-9-11-5-3-2-4-6-11/h2-3,7-8,11,17H,4-6,9,16H2,1H3. The quantitative estimate of drug-likeness (QED) is 0.662. The number of hydrogen-bond donors (Lipinski definition) is 2. The second kappa shape index (κ2) is 5.93. The van der Waals surface area contributed by atoms with Crippen molar-refractivity contribution in [1.82, 2.24) is 4.72 Å². The van der Waals surface area contributed by atoms with Crippen LogP contribution in [0.5, 0.6) is 0 Å². The number of nitrogens with two attached hydrogens (primary N) is 1. The van der Waals surface area contributed by atoms with Gasteiger partial charge in [-0.15, -0.1) is 0 Å². The lowest BCUT2D eigenvalue weighted by Gasteiger charge is -2.18. The number of allylic oxidation sites excluding steroid dienone is 2. The van der Waals surface area contributed by atoms with E-state index in [9.17, 15) is 12.8 Å². The van der Waals surface area contributed by atoms with Crippen LogP contribution in [0.4, 0.5) is 10.1 Å². The molecule has 4 nitrogen and oxygen atoms in total. The lowest BCUT2D eigenvalue weighted by atomic mass is 9.95. The number of anilines is 1. The summed E-state index contributed by atoms with van der Waals surface area (Å²) >= 11 is 0. The molecule has 20 heavy (non-hydrogen) atoms. The fraction of sp³-hybridized carbons (Fsp3) is 0.429. The topological polar surface area (TPSA) is 72.2 Å². The minimum absolute atomic E-state index is 0.264. The number of rotatable bonds is 4. The van der Waals surface area contributed by atoms with E-state index in [4.69, 9.17) is 5.73 Å². The lowest BCUT2D eigenvalue weighted by molar-refractivity contribution is 0.466. The third-order valence-electron chi connectivity index (χ3n) is 3.55. The molecule has 0 radical (unpaired) electrons. The molecule has 0 aromatic heterocycles. The van der Waals surface area contributed by atoms with Crippen LogP contribution < -0.4 is 10.5 Å². The van der Waals surface area contributed by atoms with Gasteiger partial charge in [-0.1, -0.05) is 12.2 Å². The van der Waals surface area contributed by atoms with Gasteiger partial charge in [0.15, 0.2) is 0 Å². The number of halogens is 1. The summed E-state index contributed by atoms with van der Waals surface area (Å²) in [5.74, 6) is -0.506. The minimum Gasteiger partial charge on any atom is -0.398 e. The molecule has 1 aliphatic carbocycles. The van der Waals surface area contributed by atoms with Crippen LogP contribution in [0.2, 0.25) is 0 Å². The first-order valence-corrected chi connectivity index (χ1v) is 8.09. The first kappa shape index (κ1) is 15.0. The summed E-state index contributed by atoms with van der Waals surface area (Å²) in [6.07, 6.45) is 6.88. The average Bonchev–Trinajstić information content (AvgIpc) is 2.42. The van der Waals surface area contributed by atoms with Gasteiger partial charge in [-0.2, -0.15) is 0 Å². The van der Waals surface area contributed by atoms with Gasteiger partial charge in [0.1, 0.15) is 10.7 Å². The van der Waals surface area contributed by atoms with Gasteiger partial charge in [-0.3, -0.25) is 0 Å². The molecular weight excluding hydrogens is 279 g/mol. The molecule has 0 fully saturated rings.